The average Bonchev–Trinajstić information content (AvgIpc) is 2.20. The second-order valence-electron chi connectivity index (χ2n) is 3.89. The third kappa shape index (κ3) is 4.91. The highest BCUT2D eigenvalue weighted by Gasteiger charge is 1.99. The molecule has 15 heavy (non-hydrogen) atoms. The van der Waals surface area contributed by atoms with Crippen molar-refractivity contribution in [3.8, 4) is 0 Å². The molecule has 3 N–H and O–H groups in total. The molecule has 0 aliphatic carbocycles. The third-order valence-electron chi connectivity index (χ3n) is 2.29. The van der Waals surface area contributed by atoms with E-state index in [9.17, 15) is 4.39 Å². The molecule has 0 heterocycles. The molecule has 1 unspecified atom stereocenters. The molecule has 84 valence electrons. The van der Waals surface area contributed by atoms with Crippen molar-refractivity contribution < 1.29 is 4.39 Å². The zero-order valence-corrected chi connectivity index (χ0v) is 9.17. The van der Waals surface area contributed by atoms with Crippen molar-refractivity contribution >= 4 is 0 Å². The van der Waals surface area contributed by atoms with E-state index in [1.54, 1.807) is 12.1 Å². The van der Waals surface area contributed by atoms with Crippen LogP contribution in [0.3, 0.4) is 0 Å². The van der Waals surface area contributed by atoms with Gasteiger partial charge >= 0.3 is 0 Å². The van der Waals surface area contributed by atoms with Gasteiger partial charge in [-0.25, -0.2) is 4.39 Å². The Morgan fingerprint density at radius 2 is 2.13 bits per heavy atom. The maximum absolute atomic E-state index is 13.2. The van der Waals surface area contributed by atoms with E-state index in [4.69, 9.17) is 5.73 Å². The third-order valence-corrected chi connectivity index (χ3v) is 2.29. The molecule has 1 atom stereocenters. The smallest absolute Gasteiger partial charge is 0.127 e. The highest BCUT2D eigenvalue weighted by atomic mass is 19.1. The van der Waals surface area contributed by atoms with Crippen LogP contribution in [0.5, 0.6) is 0 Å². The number of hydrogen-bond acceptors (Lipinski definition) is 2. The van der Waals surface area contributed by atoms with Gasteiger partial charge in [0, 0.05) is 18.2 Å². The Kier molecular flexibility index (Phi) is 5.29. The molecular weight excluding hydrogens is 191 g/mol. The maximum atomic E-state index is 13.2. The van der Waals surface area contributed by atoms with E-state index in [1.165, 1.54) is 6.07 Å². The van der Waals surface area contributed by atoms with Crippen molar-refractivity contribution in [2.45, 2.75) is 32.4 Å². The Balaban J connectivity index is 2.18. The van der Waals surface area contributed by atoms with Gasteiger partial charge < -0.3 is 11.1 Å². The highest BCUT2D eigenvalue weighted by Crippen LogP contribution is 2.05. The van der Waals surface area contributed by atoms with Crippen LogP contribution in [0.1, 0.15) is 25.3 Å². The summed E-state index contributed by atoms with van der Waals surface area (Å²) in [6, 6.07) is 7.09. The van der Waals surface area contributed by atoms with Crippen molar-refractivity contribution in [1.29, 1.82) is 0 Å². The van der Waals surface area contributed by atoms with Gasteiger partial charge in [0.25, 0.3) is 0 Å². The van der Waals surface area contributed by atoms with Crippen LogP contribution in [0, 0.1) is 5.82 Å². The second kappa shape index (κ2) is 6.53. The first-order chi connectivity index (χ1) is 7.20. The highest BCUT2D eigenvalue weighted by molar-refractivity contribution is 5.16. The molecule has 0 amide bonds. The van der Waals surface area contributed by atoms with Crippen LogP contribution < -0.4 is 11.1 Å². The Hall–Kier alpha value is -0.930. The lowest BCUT2D eigenvalue weighted by atomic mass is 10.2. The summed E-state index contributed by atoms with van der Waals surface area (Å²) in [6.45, 7) is 3.47. The average molecular weight is 210 g/mol. The van der Waals surface area contributed by atoms with Crippen LogP contribution in [0.15, 0.2) is 24.3 Å². The molecule has 0 bridgehead atoms. The van der Waals surface area contributed by atoms with Crippen LogP contribution in [-0.2, 0) is 6.54 Å². The summed E-state index contributed by atoms with van der Waals surface area (Å²) in [5.41, 5.74) is 6.34. The fourth-order valence-electron chi connectivity index (χ4n) is 1.41. The number of hydrogen-bond donors (Lipinski definition) is 2. The van der Waals surface area contributed by atoms with Gasteiger partial charge in [-0.3, -0.25) is 0 Å². The second-order valence-corrected chi connectivity index (χ2v) is 3.89. The van der Waals surface area contributed by atoms with Gasteiger partial charge in [-0.05, 0) is 32.4 Å². The molecule has 0 aliphatic heterocycles. The van der Waals surface area contributed by atoms with Crippen LogP contribution in [0.4, 0.5) is 4.39 Å². The predicted molar refractivity (Wildman–Crippen MR) is 61.0 cm³/mol. The minimum atomic E-state index is -0.141. The minimum Gasteiger partial charge on any atom is -0.328 e. The summed E-state index contributed by atoms with van der Waals surface area (Å²) < 4.78 is 13.2. The number of halogens is 1. The summed E-state index contributed by atoms with van der Waals surface area (Å²) in [5, 5.41) is 3.20. The number of nitrogens with two attached hydrogens (primary N) is 1. The molecule has 0 aromatic heterocycles. The first kappa shape index (κ1) is 12.1. The van der Waals surface area contributed by atoms with Crippen molar-refractivity contribution in [2.24, 2.45) is 5.73 Å². The van der Waals surface area contributed by atoms with Crippen molar-refractivity contribution in [2.75, 3.05) is 6.54 Å². The van der Waals surface area contributed by atoms with Gasteiger partial charge in [0.2, 0.25) is 0 Å². The normalized spacial score (nSPS) is 12.7. The lowest BCUT2D eigenvalue weighted by Gasteiger charge is -2.07. The molecule has 0 radical (unpaired) electrons. The zero-order chi connectivity index (χ0) is 11.1. The van der Waals surface area contributed by atoms with Crippen LogP contribution in [0.25, 0.3) is 0 Å². The van der Waals surface area contributed by atoms with Gasteiger partial charge in [-0.2, -0.15) is 0 Å². The van der Waals surface area contributed by atoms with Crippen molar-refractivity contribution in [3.05, 3.63) is 35.6 Å². The number of nitrogens with one attached hydrogen (secondary N) is 1. The molecule has 2 nitrogen and oxygen atoms in total. The molecule has 1 aromatic rings. The largest absolute Gasteiger partial charge is 0.328 e. The molecule has 3 heteroatoms. The predicted octanol–water partition coefficient (Wildman–Crippen LogP) is 2.04. The molecule has 1 rings (SSSR count). The Labute approximate surface area is 90.7 Å². The summed E-state index contributed by atoms with van der Waals surface area (Å²) in [5.74, 6) is -0.141. The van der Waals surface area contributed by atoms with Crippen molar-refractivity contribution in [3.63, 3.8) is 0 Å². The van der Waals surface area contributed by atoms with E-state index in [2.05, 4.69) is 5.32 Å². The van der Waals surface area contributed by atoms with E-state index < -0.39 is 0 Å². The summed E-state index contributed by atoms with van der Waals surface area (Å²) in [6.07, 6.45) is 2.04. The molecule has 0 spiro atoms. The van der Waals surface area contributed by atoms with E-state index >= 15 is 0 Å². The molecule has 0 saturated carbocycles. The lowest BCUT2D eigenvalue weighted by molar-refractivity contribution is 0.555. The first-order valence-corrected chi connectivity index (χ1v) is 5.40. The first-order valence-electron chi connectivity index (χ1n) is 5.40. The fourth-order valence-corrected chi connectivity index (χ4v) is 1.41. The van der Waals surface area contributed by atoms with E-state index in [-0.39, 0.29) is 11.9 Å². The molecular formula is C12H19FN2. The van der Waals surface area contributed by atoms with E-state index in [0.29, 0.717) is 6.54 Å². The zero-order valence-electron chi connectivity index (χ0n) is 9.17. The number of rotatable bonds is 6. The Morgan fingerprint density at radius 1 is 1.40 bits per heavy atom. The SMILES string of the molecule is CC(N)CCCNCc1ccccc1F. The van der Waals surface area contributed by atoms with Crippen molar-refractivity contribution in [1.82, 2.24) is 5.32 Å². The van der Waals surface area contributed by atoms with Gasteiger partial charge in [0.05, 0.1) is 0 Å². The monoisotopic (exact) mass is 210 g/mol. The Morgan fingerprint density at radius 3 is 2.80 bits per heavy atom. The van der Waals surface area contributed by atoms with Crippen LogP contribution in [-0.4, -0.2) is 12.6 Å². The Bertz CT molecular complexity index is 287. The topological polar surface area (TPSA) is 38.0 Å². The van der Waals surface area contributed by atoms with Gasteiger partial charge in [-0.1, -0.05) is 18.2 Å². The van der Waals surface area contributed by atoms with Gasteiger partial charge in [0.15, 0.2) is 0 Å². The lowest BCUT2D eigenvalue weighted by Crippen LogP contribution is -2.20. The van der Waals surface area contributed by atoms with Gasteiger partial charge in [0.1, 0.15) is 5.82 Å². The van der Waals surface area contributed by atoms with Crippen LogP contribution in [0.2, 0.25) is 0 Å². The maximum Gasteiger partial charge on any atom is 0.127 e. The van der Waals surface area contributed by atoms with E-state index in [0.717, 1.165) is 24.9 Å². The molecule has 0 saturated heterocycles. The summed E-state index contributed by atoms with van der Waals surface area (Å²) in [7, 11) is 0. The molecule has 1 aromatic carbocycles. The van der Waals surface area contributed by atoms with Gasteiger partial charge in [-0.15, -0.1) is 0 Å². The minimum absolute atomic E-state index is 0.141. The summed E-state index contributed by atoms with van der Waals surface area (Å²) >= 11 is 0. The molecule has 0 fully saturated rings. The number of benzene rings is 1. The van der Waals surface area contributed by atoms with E-state index in [1.807, 2.05) is 13.0 Å². The fraction of sp³-hybridized carbons (Fsp3) is 0.500. The summed E-state index contributed by atoms with van der Waals surface area (Å²) in [4.78, 5) is 0. The van der Waals surface area contributed by atoms with Crippen LogP contribution >= 0.6 is 0 Å². The molecule has 0 aliphatic rings. The standard InChI is InChI=1S/C12H19FN2/c1-10(14)5-4-8-15-9-11-6-2-3-7-12(11)13/h2-3,6-7,10,15H,4-5,8-9,14H2,1H3. The quantitative estimate of drug-likeness (QED) is 0.705.